The quantitative estimate of drug-likeness (QED) is 0.169. The van der Waals surface area contributed by atoms with E-state index in [0.717, 1.165) is 16.1 Å². The minimum Gasteiger partial charge on any atom is -0.420 e. The summed E-state index contributed by atoms with van der Waals surface area (Å²) in [7, 11) is 0. The third-order valence-corrected chi connectivity index (χ3v) is 5.44. The molecule has 0 bridgehead atoms. The van der Waals surface area contributed by atoms with Crippen molar-refractivity contribution in [1.82, 2.24) is 29.9 Å². The van der Waals surface area contributed by atoms with Gasteiger partial charge in [-0.05, 0) is 24.3 Å². The van der Waals surface area contributed by atoms with Gasteiger partial charge in [-0.25, -0.2) is 14.6 Å². The first kappa shape index (κ1) is 18.9. The highest BCUT2D eigenvalue weighted by atomic mass is 32.2. The van der Waals surface area contributed by atoms with Gasteiger partial charge in [0.2, 0.25) is 11.8 Å². The van der Waals surface area contributed by atoms with Crippen LogP contribution in [-0.4, -0.2) is 34.9 Å². The van der Waals surface area contributed by atoms with Crippen molar-refractivity contribution in [2.75, 3.05) is 0 Å². The lowest BCUT2D eigenvalue weighted by molar-refractivity contribution is -0.384. The molecule has 0 aliphatic carbocycles. The van der Waals surface area contributed by atoms with Gasteiger partial charge in [-0.1, -0.05) is 30.0 Å². The Morgan fingerprint density at radius 1 is 1.03 bits per heavy atom. The Hall–Kier alpha value is -4.12. The molecule has 152 valence electrons. The van der Waals surface area contributed by atoms with Crippen molar-refractivity contribution in [2.24, 2.45) is 0 Å². The molecule has 3 heterocycles. The number of non-ortho nitro benzene ring substituents is 1. The van der Waals surface area contributed by atoms with Gasteiger partial charge in [-0.15, -0.1) is 10.2 Å². The molecule has 0 saturated carbocycles. The average Bonchev–Trinajstić information content (AvgIpc) is 3.46. The number of nitro benzene ring substituents is 1. The van der Waals surface area contributed by atoms with Crippen molar-refractivity contribution in [2.45, 2.75) is 10.8 Å². The fraction of sp³-hybridized carbons (Fsp3) is 0.0500. The summed E-state index contributed by atoms with van der Waals surface area (Å²) < 4.78 is 7.47. The predicted octanol–water partition coefficient (Wildman–Crippen LogP) is 4.07. The Bertz CT molecular complexity index is 1370. The van der Waals surface area contributed by atoms with E-state index >= 15 is 0 Å². The molecule has 2 aromatic carbocycles. The molecule has 0 aliphatic heterocycles. The summed E-state index contributed by atoms with van der Waals surface area (Å²) in [6.45, 7) is 0. The molecule has 5 aromatic rings. The number of rotatable bonds is 6. The molecule has 0 aliphatic rings. The lowest BCUT2D eigenvalue weighted by Crippen LogP contribution is -1.97. The molecular weight excluding hydrogens is 418 g/mol. The first-order valence-corrected chi connectivity index (χ1v) is 10.1. The van der Waals surface area contributed by atoms with Crippen LogP contribution >= 0.6 is 11.8 Å². The number of para-hydroxylation sites is 1. The highest BCUT2D eigenvalue weighted by molar-refractivity contribution is 7.98. The third kappa shape index (κ3) is 3.73. The Balaban J connectivity index is 1.35. The lowest BCUT2D eigenvalue weighted by atomic mass is 10.2. The van der Waals surface area contributed by atoms with Crippen LogP contribution in [0.2, 0.25) is 0 Å². The Kier molecular flexibility index (Phi) is 4.84. The van der Waals surface area contributed by atoms with Gasteiger partial charge in [-0.2, -0.15) is 5.10 Å². The topological polar surface area (TPSA) is 126 Å². The molecule has 0 saturated heterocycles. The zero-order valence-corrected chi connectivity index (χ0v) is 16.6. The highest BCUT2D eigenvalue weighted by Crippen LogP contribution is 2.29. The molecule has 0 fully saturated rings. The van der Waals surface area contributed by atoms with E-state index in [1.165, 1.54) is 30.2 Å². The normalized spacial score (nSPS) is 11.1. The minimum atomic E-state index is -0.456. The second-order valence-corrected chi connectivity index (χ2v) is 7.37. The van der Waals surface area contributed by atoms with E-state index < -0.39 is 4.92 Å². The van der Waals surface area contributed by atoms with Crippen LogP contribution in [0.25, 0.3) is 28.2 Å². The largest absolute Gasteiger partial charge is 0.420 e. The van der Waals surface area contributed by atoms with Crippen molar-refractivity contribution in [3.05, 3.63) is 83.1 Å². The van der Waals surface area contributed by atoms with Gasteiger partial charge in [-0.3, -0.25) is 10.1 Å². The average molecular weight is 431 g/mol. The monoisotopic (exact) mass is 431 g/mol. The van der Waals surface area contributed by atoms with Crippen molar-refractivity contribution in [3.63, 3.8) is 0 Å². The summed E-state index contributed by atoms with van der Waals surface area (Å²) in [6, 6.07) is 15.7. The van der Waals surface area contributed by atoms with Crippen LogP contribution in [0, 0.1) is 10.1 Å². The van der Waals surface area contributed by atoms with Crippen LogP contribution in [0.3, 0.4) is 0 Å². The standard InChI is InChI=1S/C20H13N7O3S/c28-27(29)15-8-6-13(7-9-15)19-25-24-17(30-19)11-31-20-16-10-23-26(18(16)21-12-22-20)14-4-2-1-3-5-14/h1-10,12H,11H2. The molecular formula is C20H13N7O3S. The van der Waals surface area contributed by atoms with Gasteiger partial charge >= 0.3 is 0 Å². The van der Waals surface area contributed by atoms with E-state index in [9.17, 15) is 10.1 Å². The maximum Gasteiger partial charge on any atom is 0.269 e. The fourth-order valence-electron chi connectivity index (χ4n) is 2.98. The van der Waals surface area contributed by atoms with Crippen LogP contribution < -0.4 is 0 Å². The van der Waals surface area contributed by atoms with Crippen molar-refractivity contribution in [1.29, 1.82) is 0 Å². The van der Waals surface area contributed by atoms with E-state index in [4.69, 9.17) is 4.42 Å². The summed E-state index contributed by atoms with van der Waals surface area (Å²) >= 11 is 1.44. The Morgan fingerprint density at radius 3 is 2.61 bits per heavy atom. The number of nitro groups is 1. The predicted molar refractivity (Wildman–Crippen MR) is 113 cm³/mol. The first-order valence-electron chi connectivity index (χ1n) is 9.13. The second-order valence-electron chi connectivity index (χ2n) is 6.40. The molecule has 10 nitrogen and oxygen atoms in total. The summed E-state index contributed by atoms with van der Waals surface area (Å²) in [5, 5.41) is 24.9. The van der Waals surface area contributed by atoms with E-state index in [1.54, 1.807) is 23.0 Å². The Morgan fingerprint density at radius 2 is 1.84 bits per heavy atom. The SMILES string of the molecule is O=[N+]([O-])c1ccc(-c2nnc(CSc3ncnc4c3cnn4-c3ccccc3)o2)cc1. The third-order valence-electron chi connectivity index (χ3n) is 4.45. The van der Waals surface area contributed by atoms with E-state index in [1.807, 2.05) is 30.3 Å². The summed E-state index contributed by atoms with van der Waals surface area (Å²) in [4.78, 5) is 19.1. The molecule has 0 radical (unpaired) electrons. The zero-order chi connectivity index (χ0) is 21.2. The fourth-order valence-corrected chi connectivity index (χ4v) is 3.78. The molecule has 11 heteroatoms. The molecule has 31 heavy (non-hydrogen) atoms. The smallest absolute Gasteiger partial charge is 0.269 e. The van der Waals surface area contributed by atoms with Crippen LogP contribution in [-0.2, 0) is 5.75 Å². The maximum atomic E-state index is 10.8. The molecule has 0 amide bonds. The number of nitrogens with zero attached hydrogens (tertiary/aromatic N) is 7. The molecule has 0 spiro atoms. The molecule has 0 N–H and O–H groups in total. The lowest BCUT2D eigenvalue weighted by Gasteiger charge is -2.03. The number of benzene rings is 2. The zero-order valence-electron chi connectivity index (χ0n) is 15.8. The van der Waals surface area contributed by atoms with Crippen LogP contribution in [0.15, 0.2) is 76.6 Å². The van der Waals surface area contributed by atoms with E-state index in [0.29, 0.717) is 28.7 Å². The molecule has 5 rings (SSSR count). The number of hydrogen-bond donors (Lipinski definition) is 0. The van der Waals surface area contributed by atoms with Crippen molar-refractivity contribution >= 4 is 28.5 Å². The van der Waals surface area contributed by atoms with Crippen LogP contribution in [0.1, 0.15) is 5.89 Å². The molecule has 0 atom stereocenters. The second kappa shape index (κ2) is 7.95. The highest BCUT2D eigenvalue weighted by Gasteiger charge is 2.15. The minimum absolute atomic E-state index is 0.00266. The maximum absolute atomic E-state index is 10.8. The van der Waals surface area contributed by atoms with Crippen molar-refractivity contribution in [3.8, 4) is 17.1 Å². The van der Waals surface area contributed by atoms with Gasteiger partial charge < -0.3 is 4.42 Å². The molecule has 3 aromatic heterocycles. The number of hydrogen-bond acceptors (Lipinski definition) is 9. The Labute approximate surface area is 179 Å². The first-order chi connectivity index (χ1) is 15.2. The van der Waals surface area contributed by atoms with Crippen LogP contribution in [0.5, 0.6) is 0 Å². The van der Waals surface area contributed by atoms with Gasteiger partial charge in [0.05, 0.1) is 27.9 Å². The number of thioether (sulfide) groups is 1. The summed E-state index contributed by atoms with van der Waals surface area (Å²) in [5.74, 6) is 1.12. The van der Waals surface area contributed by atoms with E-state index in [-0.39, 0.29) is 5.69 Å². The van der Waals surface area contributed by atoms with Crippen molar-refractivity contribution < 1.29 is 9.34 Å². The number of fused-ring (bicyclic) bond motifs is 1. The van der Waals surface area contributed by atoms with Gasteiger partial charge in [0, 0.05) is 17.7 Å². The summed E-state index contributed by atoms with van der Waals surface area (Å²) in [5.41, 5.74) is 2.24. The molecule has 0 unspecified atom stereocenters. The summed E-state index contributed by atoms with van der Waals surface area (Å²) in [6.07, 6.45) is 3.24. The van der Waals surface area contributed by atoms with E-state index in [2.05, 4.69) is 25.3 Å². The van der Waals surface area contributed by atoms with Crippen LogP contribution in [0.4, 0.5) is 5.69 Å². The number of aromatic nitrogens is 6. The van der Waals surface area contributed by atoms with Gasteiger partial charge in [0.25, 0.3) is 5.69 Å². The van der Waals surface area contributed by atoms with Gasteiger partial charge in [0.15, 0.2) is 5.65 Å². The van der Waals surface area contributed by atoms with Gasteiger partial charge in [0.1, 0.15) is 11.4 Å².